The Bertz CT molecular complexity index is 143. The van der Waals surface area contributed by atoms with Crippen LogP contribution in [0.15, 0.2) is 30.3 Å². The lowest BCUT2D eigenvalue weighted by molar-refractivity contribution is 1.11. The van der Waals surface area contributed by atoms with Gasteiger partial charge in [-0.15, -0.1) is 0 Å². The fourth-order valence-corrected chi connectivity index (χ4v) is 0.534. The quantitative estimate of drug-likeness (QED) is 0.469. The van der Waals surface area contributed by atoms with Gasteiger partial charge in [0.1, 0.15) is 7.85 Å². The van der Waals surface area contributed by atoms with Gasteiger partial charge in [-0.2, -0.15) is 0 Å². The third kappa shape index (κ3) is 5.22. The molecule has 0 radical (unpaired) electrons. The van der Waals surface area contributed by atoms with Crippen LogP contribution in [0.5, 0.6) is 0 Å². The first-order chi connectivity index (χ1) is 3.39. The predicted octanol–water partition coefficient (Wildman–Crippen LogP) is 0.402. The summed E-state index contributed by atoms with van der Waals surface area (Å²) in [7, 11) is 2.08. The Morgan fingerprint density at radius 1 is 0.800 bits per heavy atom. The highest BCUT2D eigenvalue weighted by atomic mass is 19.0. The number of hydrogen-bond donors (Lipinski definition) is 0. The Labute approximate surface area is 58.8 Å². The standard InChI is InChI=1S/C6H7B.3FH/c7-6-4-2-1-3-5-6;;;/h1-5H,7H2;3*1H. The molecule has 0 nitrogen and oxygen atoms in total. The Morgan fingerprint density at radius 3 is 1.40 bits per heavy atom. The van der Waals surface area contributed by atoms with Crippen LogP contribution in [0.4, 0.5) is 14.1 Å². The van der Waals surface area contributed by atoms with E-state index in [0.717, 1.165) is 0 Å². The van der Waals surface area contributed by atoms with Gasteiger partial charge in [-0.1, -0.05) is 35.8 Å². The highest BCUT2D eigenvalue weighted by Gasteiger charge is 1.72. The third-order valence-electron chi connectivity index (χ3n) is 0.940. The average molecular weight is 150 g/mol. The summed E-state index contributed by atoms with van der Waals surface area (Å²) in [5, 5.41) is 0. The topological polar surface area (TPSA) is 0 Å². The van der Waals surface area contributed by atoms with Crippen molar-refractivity contribution in [1.82, 2.24) is 0 Å². The Balaban J connectivity index is -0.000000163. The van der Waals surface area contributed by atoms with Crippen molar-refractivity contribution in [3.05, 3.63) is 30.3 Å². The first kappa shape index (κ1) is 16.0. The van der Waals surface area contributed by atoms with Gasteiger partial charge < -0.3 is 0 Å². The molecule has 0 unspecified atom stereocenters. The normalized spacial score (nSPS) is 6.00. The molecular formula is C6H10BF3. The number of halogens is 3. The van der Waals surface area contributed by atoms with Gasteiger partial charge in [-0.05, 0) is 0 Å². The van der Waals surface area contributed by atoms with Crippen LogP contribution in [0, 0.1) is 0 Å². The van der Waals surface area contributed by atoms with Gasteiger partial charge in [0.15, 0.2) is 0 Å². The molecule has 10 heavy (non-hydrogen) atoms. The Morgan fingerprint density at radius 2 is 1.20 bits per heavy atom. The van der Waals surface area contributed by atoms with Crippen molar-refractivity contribution in [2.45, 2.75) is 0 Å². The molecule has 1 aromatic rings. The van der Waals surface area contributed by atoms with E-state index in [2.05, 4.69) is 20.0 Å². The van der Waals surface area contributed by atoms with Gasteiger partial charge in [-0.3, -0.25) is 14.1 Å². The smallest absolute Gasteiger partial charge is 0.139 e. The summed E-state index contributed by atoms with van der Waals surface area (Å²) >= 11 is 0. The van der Waals surface area contributed by atoms with E-state index in [4.69, 9.17) is 0 Å². The van der Waals surface area contributed by atoms with Crippen LogP contribution in [0.2, 0.25) is 0 Å². The highest BCUT2D eigenvalue weighted by molar-refractivity contribution is 6.32. The van der Waals surface area contributed by atoms with Crippen LogP contribution < -0.4 is 5.46 Å². The Kier molecular flexibility index (Phi) is 12.9. The van der Waals surface area contributed by atoms with E-state index in [1.165, 1.54) is 5.46 Å². The first-order valence-electron chi connectivity index (χ1n) is 2.41. The molecule has 0 amide bonds. The molecule has 0 N–H and O–H groups in total. The van der Waals surface area contributed by atoms with Crippen molar-refractivity contribution in [3.63, 3.8) is 0 Å². The molecule has 0 aromatic heterocycles. The second-order valence-corrected chi connectivity index (χ2v) is 1.65. The summed E-state index contributed by atoms with van der Waals surface area (Å²) in [5.41, 5.74) is 1.32. The SMILES string of the molecule is Bc1ccccc1.F.F.F. The van der Waals surface area contributed by atoms with Crippen molar-refractivity contribution >= 4 is 13.3 Å². The molecule has 0 bridgehead atoms. The maximum absolute atomic E-state index is 2.08. The van der Waals surface area contributed by atoms with E-state index in [9.17, 15) is 0 Å². The predicted molar refractivity (Wildman–Crippen MR) is 42.1 cm³/mol. The summed E-state index contributed by atoms with van der Waals surface area (Å²) < 4.78 is 0. The van der Waals surface area contributed by atoms with Crippen LogP contribution in [0.3, 0.4) is 0 Å². The minimum atomic E-state index is 0. The fraction of sp³-hybridized carbons (Fsp3) is 0. The number of benzene rings is 1. The second-order valence-electron chi connectivity index (χ2n) is 1.65. The van der Waals surface area contributed by atoms with E-state index in [-0.39, 0.29) is 14.1 Å². The van der Waals surface area contributed by atoms with Crippen molar-refractivity contribution in [3.8, 4) is 0 Å². The summed E-state index contributed by atoms with van der Waals surface area (Å²) in [4.78, 5) is 0. The zero-order valence-corrected chi connectivity index (χ0v) is 5.61. The first-order valence-corrected chi connectivity index (χ1v) is 2.41. The van der Waals surface area contributed by atoms with Gasteiger partial charge >= 0.3 is 0 Å². The Hall–Kier alpha value is -0.925. The van der Waals surface area contributed by atoms with Crippen molar-refractivity contribution < 1.29 is 14.1 Å². The van der Waals surface area contributed by atoms with Crippen molar-refractivity contribution in [1.29, 1.82) is 0 Å². The maximum atomic E-state index is 2.08. The fourth-order valence-electron chi connectivity index (χ4n) is 0.534. The number of hydrogen-bond acceptors (Lipinski definition) is 0. The minimum Gasteiger partial charge on any atom is -0.269 e. The van der Waals surface area contributed by atoms with Crippen LogP contribution in [0.25, 0.3) is 0 Å². The molecule has 0 fully saturated rings. The highest BCUT2D eigenvalue weighted by Crippen LogP contribution is 1.76. The van der Waals surface area contributed by atoms with Gasteiger partial charge in [0.25, 0.3) is 0 Å². The molecule has 0 saturated carbocycles. The van der Waals surface area contributed by atoms with Crippen LogP contribution in [-0.2, 0) is 0 Å². The second kappa shape index (κ2) is 8.07. The molecule has 0 atom stereocenters. The summed E-state index contributed by atoms with van der Waals surface area (Å²) in [5.74, 6) is 0. The molecule has 0 aliphatic rings. The van der Waals surface area contributed by atoms with Crippen molar-refractivity contribution in [2.24, 2.45) is 0 Å². The summed E-state index contributed by atoms with van der Waals surface area (Å²) in [6.07, 6.45) is 0. The summed E-state index contributed by atoms with van der Waals surface area (Å²) in [6.45, 7) is 0. The van der Waals surface area contributed by atoms with Gasteiger partial charge in [-0.25, -0.2) is 0 Å². The molecule has 0 aliphatic heterocycles. The zero-order valence-electron chi connectivity index (χ0n) is 5.61. The lowest BCUT2D eigenvalue weighted by atomic mass is 9.97. The molecule has 0 aliphatic carbocycles. The van der Waals surface area contributed by atoms with Gasteiger partial charge in [0.2, 0.25) is 0 Å². The lowest BCUT2D eigenvalue weighted by Crippen LogP contribution is -1.97. The van der Waals surface area contributed by atoms with E-state index in [1.807, 2.05) is 18.2 Å². The lowest BCUT2D eigenvalue weighted by Gasteiger charge is -1.82. The minimum absolute atomic E-state index is 0. The van der Waals surface area contributed by atoms with Crippen LogP contribution in [-0.4, -0.2) is 7.85 Å². The summed E-state index contributed by atoms with van der Waals surface area (Å²) in [6, 6.07) is 10.3. The van der Waals surface area contributed by atoms with E-state index in [1.54, 1.807) is 0 Å². The zero-order chi connectivity index (χ0) is 5.11. The third-order valence-corrected chi connectivity index (χ3v) is 0.940. The molecular weight excluding hydrogens is 140 g/mol. The monoisotopic (exact) mass is 150 g/mol. The molecule has 0 saturated heterocycles. The van der Waals surface area contributed by atoms with Crippen LogP contribution in [0.1, 0.15) is 0 Å². The van der Waals surface area contributed by atoms with E-state index < -0.39 is 0 Å². The van der Waals surface area contributed by atoms with E-state index in [0.29, 0.717) is 0 Å². The van der Waals surface area contributed by atoms with Crippen molar-refractivity contribution in [2.75, 3.05) is 0 Å². The molecule has 1 rings (SSSR count). The van der Waals surface area contributed by atoms with Crippen LogP contribution >= 0.6 is 0 Å². The maximum Gasteiger partial charge on any atom is 0.139 e. The van der Waals surface area contributed by atoms with Gasteiger partial charge in [0, 0.05) is 0 Å². The molecule has 58 valence electrons. The number of rotatable bonds is 0. The molecule has 0 heterocycles. The molecule has 0 spiro atoms. The molecule has 1 aromatic carbocycles. The molecule has 4 heteroatoms. The average Bonchev–Trinajstić information content (AvgIpc) is 1.69. The van der Waals surface area contributed by atoms with Gasteiger partial charge in [0.05, 0.1) is 0 Å². The largest absolute Gasteiger partial charge is 0.269 e. The van der Waals surface area contributed by atoms with E-state index >= 15 is 0 Å².